The van der Waals surface area contributed by atoms with Crippen LogP contribution in [0.15, 0.2) is 48.8 Å². The lowest BCUT2D eigenvalue weighted by atomic mass is 9.74. The Kier molecular flexibility index (Phi) is 7.93. The summed E-state index contributed by atoms with van der Waals surface area (Å²) in [4.78, 5) is 28.8. The summed E-state index contributed by atoms with van der Waals surface area (Å²) < 4.78 is 32.4. The number of amides is 1. The number of carbonyl (C=O) groups excluding carboxylic acids is 1. The molecule has 5 heterocycles. The van der Waals surface area contributed by atoms with Crippen LogP contribution in [0.2, 0.25) is 0 Å². The lowest BCUT2D eigenvalue weighted by molar-refractivity contribution is -0.00150. The van der Waals surface area contributed by atoms with Gasteiger partial charge in [0.25, 0.3) is 0 Å². The van der Waals surface area contributed by atoms with Crippen molar-refractivity contribution in [3.63, 3.8) is 0 Å². The third-order valence-electron chi connectivity index (χ3n) is 7.94. The lowest BCUT2D eigenvalue weighted by Crippen LogP contribution is -2.54. The van der Waals surface area contributed by atoms with E-state index in [9.17, 15) is 13.6 Å². The molecule has 4 atom stereocenters. The van der Waals surface area contributed by atoms with Crippen LogP contribution < -0.4 is 5.32 Å². The van der Waals surface area contributed by atoms with E-state index in [-0.39, 0.29) is 24.3 Å². The third-order valence-corrected chi connectivity index (χ3v) is 7.94. The van der Waals surface area contributed by atoms with Crippen molar-refractivity contribution in [2.45, 2.75) is 57.4 Å². The second-order valence-corrected chi connectivity index (χ2v) is 10.2. The van der Waals surface area contributed by atoms with Gasteiger partial charge in [0.2, 0.25) is 0 Å². The van der Waals surface area contributed by atoms with Crippen LogP contribution in [0.3, 0.4) is 0 Å². The van der Waals surface area contributed by atoms with Gasteiger partial charge in [0, 0.05) is 59.8 Å². The molecular weight excluding hydrogens is 488 g/mol. The number of halogens is 2. The molecule has 0 saturated carbocycles. The van der Waals surface area contributed by atoms with Crippen molar-refractivity contribution in [1.29, 1.82) is 0 Å². The van der Waals surface area contributed by atoms with E-state index in [0.29, 0.717) is 11.8 Å². The lowest BCUT2D eigenvalue weighted by Gasteiger charge is -2.49. The fourth-order valence-corrected chi connectivity index (χ4v) is 5.78. The van der Waals surface area contributed by atoms with Crippen LogP contribution in [0.25, 0.3) is 11.4 Å². The van der Waals surface area contributed by atoms with Gasteiger partial charge in [-0.1, -0.05) is 13.8 Å². The van der Waals surface area contributed by atoms with Crippen molar-refractivity contribution in [3.8, 4) is 11.4 Å². The Balaban J connectivity index is 1.28. The first kappa shape index (κ1) is 26.2. The number of ether oxygens (including phenoxy) is 1. The van der Waals surface area contributed by atoms with Crippen molar-refractivity contribution < 1.29 is 18.3 Å². The number of anilines is 1. The van der Waals surface area contributed by atoms with Crippen molar-refractivity contribution >= 4 is 11.8 Å². The molecule has 0 spiro atoms. The average molecular weight is 522 g/mol. The van der Waals surface area contributed by atoms with Crippen molar-refractivity contribution in [2.24, 2.45) is 5.92 Å². The van der Waals surface area contributed by atoms with Gasteiger partial charge in [-0.3, -0.25) is 15.2 Å². The Hall–Kier alpha value is -3.46. The van der Waals surface area contributed by atoms with Crippen molar-refractivity contribution in [2.75, 3.05) is 25.0 Å². The molecule has 2 aromatic heterocycles. The van der Waals surface area contributed by atoms with Gasteiger partial charge in [-0.25, -0.2) is 23.5 Å². The molecule has 0 radical (unpaired) electrons. The van der Waals surface area contributed by atoms with Crippen LogP contribution in [0.1, 0.15) is 62.8 Å². The van der Waals surface area contributed by atoms with Crippen molar-refractivity contribution in [3.05, 3.63) is 71.8 Å². The monoisotopic (exact) mass is 521 g/mol. The first-order valence-corrected chi connectivity index (χ1v) is 13.4. The van der Waals surface area contributed by atoms with Gasteiger partial charge in [-0.2, -0.15) is 0 Å². The molecule has 1 N–H and O–H groups in total. The predicted molar refractivity (Wildman–Crippen MR) is 141 cm³/mol. The highest BCUT2D eigenvalue weighted by molar-refractivity contribution is 5.84. The van der Waals surface area contributed by atoms with Crippen LogP contribution in [-0.4, -0.2) is 51.7 Å². The topological polar surface area (TPSA) is 80.2 Å². The van der Waals surface area contributed by atoms with E-state index in [2.05, 4.69) is 35.1 Å². The summed E-state index contributed by atoms with van der Waals surface area (Å²) in [5.74, 6) is 0.274. The zero-order valence-electron chi connectivity index (χ0n) is 21.7. The molecular formula is C29H33F2N5O2. The maximum absolute atomic E-state index is 13.9. The minimum Gasteiger partial charge on any atom is -0.448 e. The number of hydrogen-bond donors (Lipinski definition) is 1. The molecule has 1 amide bonds. The zero-order valence-corrected chi connectivity index (χ0v) is 21.7. The summed E-state index contributed by atoms with van der Waals surface area (Å²) in [5.41, 5.74) is 3.02. The van der Waals surface area contributed by atoms with Gasteiger partial charge in [0.1, 0.15) is 18.2 Å². The number of piperidine rings is 3. The SMILES string of the molecule is CCC(CC)c1cc([C@H]2CN3CC[C@H]2C[C@@H]3COC(=O)Nc2ccc(F)cc2F)nc(-c2ccncc2)n1. The molecule has 3 fully saturated rings. The number of pyridine rings is 1. The summed E-state index contributed by atoms with van der Waals surface area (Å²) in [6, 6.07) is 9.18. The maximum atomic E-state index is 13.9. The van der Waals surface area contributed by atoms with Gasteiger partial charge in [0.05, 0.1) is 5.69 Å². The number of aromatic nitrogens is 3. The fraction of sp³-hybridized carbons (Fsp3) is 0.448. The minimum atomic E-state index is -0.839. The Bertz CT molecular complexity index is 1270. The number of fused-ring (bicyclic) bond motifs is 3. The van der Waals surface area contributed by atoms with Gasteiger partial charge >= 0.3 is 6.09 Å². The molecule has 9 heteroatoms. The molecule has 1 aromatic carbocycles. The van der Waals surface area contributed by atoms with Crippen LogP contribution in [0, 0.1) is 17.6 Å². The molecule has 38 heavy (non-hydrogen) atoms. The third kappa shape index (κ3) is 5.67. The molecule has 3 saturated heterocycles. The molecule has 0 aliphatic carbocycles. The molecule has 200 valence electrons. The van der Waals surface area contributed by atoms with Gasteiger partial charge in [-0.15, -0.1) is 0 Å². The molecule has 3 aromatic rings. The minimum absolute atomic E-state index is 0.0915. The number of carbonyl (C=O) groups is 1. The van der Waals surface area contributed by atoms with E-state index >= 15 is 0 Å². The predicted octanol–water partition coefficient (Wildman–Crippen LogP) is 6.15. The van der Waals surface area contributed by atoms with Gasteiger partial charge < -0.3 is 4.74 Å². The first-order valence-electron chi connectivity index (χ1n) is 13.4. The Morgan fingerprint density at radius 1 is 1.13 bits per heavy atom. The van der Waals surface area contributed by atoms with E-state index in [4.69, 9.17) is 14.7 Å². The average Bonchev–Trinajstić information content (AvgIpc) is 2.95. The number of nitrogens with zero attached hydrogens (tertiary/aromatic N) is 4. The molecule has 6 rings (SSSR count). The molecule has 7 nitrogen and oxygen atoms in total. The standard InChI is InChI=1S/C29H33F2N5O2/c1-3-18(4-2)26-15-27(34-28(33-26)19-7-10-32-11-8-19)23-16-36-12-9-20(23)13-22(36)17-38-29(37)35-25-6-5-21(30)14-24(25)31/h5-8,10-11,14-15,18,20,22-23H,3-4,9,12-13,16-17H2,1-2H3,(H,35,37)/t20-,22+,23-/m0/s1. The van der Waals surface area contributed by atoms with Crippen LogP contribution in [-0.2, 0) is 4.74 Å². The highest BCUT2D eigenvalue weighted by Gasteiger charge is 2.42. The largest absolute Gasteiger partial charge is 0.448 e. The van der Waals surface area contributed by atoms with E-state index in [1.54, 1.807) is 12.4 Å². The Morgan fingerprint density at radius 3 is 2.61 bits per heavy atom. The van der Waals surface area contributed by atoms with E-state index in [0.717, 1.165) is 73.7 Å². The Labute approximate surface area is 221 Å². The number of rotatable bonds is 8. The molecule has 3 aliphatic heterocycles. The summed E-state index contributed by atoms with van der Waals surface area (Å²) in [6.45, 7) is 6.37. The van der Waals surface area contributed by atoms with E-state index < -0.39 is 17.7 Å². The van der Waals surface area contributed by atoms with Crippen LogP contribution in [0.5, 0.6) is 0 Å². The molecule has 3 aliphatic rings. The highest BCUT2D eigenvalue weighted by Crippen LogP contribution is 2.42. The smallest absolute Gasteiger partial charge is 0.411 e. The maximum Gasteiger partial charge on any atom is 0.411 e. The second-order valence-electron chi connectivity index (χ2n) is 10.2. The number of nitrogens with one attached hydrogen (secondary N) is 1. The number of benzene rings is 1. The Morgan fingerprint density at radius 2 is 1.92 bits per heavy atom. The zero-order chi connectivity index (χ0) is 26.6. The second kappa shape index (κ2) is 11.5. The van der Waals surface area contributed by atoms with Crippen LogP contribution in [0.4, 0.5) is 19.3 Å². The summed E-state index contributed by atoms with van der Waals surface area (Å²) in [6.07, 6.45) is 6.77. The fourth-order valence-electron chi connectivity index (χ4n) is 5.78. The van der Waals surface area contributed by atoms with Gasteiger partial charge in [-0.05, 0) is 68.5 Å². The van der Waals surface area contributed by atoms with Gasteiger partial charge in [0.15, 0.2) is 5.82 Å². The summed E-state index contributed by atoms with van der Waals surface area (Å²) >= 11 is 0. The van der Waals surface area contributed by atoms with Crippen molar-refractivity contribution in [1.82, 2.24) is 19.9 Å². The quantitative estimate of drug-likeness (QED) is 0.383. The highest BCUT2D eigenvalue weighted by atomic mass is 19.1. The normalized spacial score (nSPS) is 22.4. The first-order chi connectivity index (χ1) is 18.4. The number of hydrogen-bond acceptors (Lipinski definition) is 6. The molecule has 1 unspecified atom stereocenters. The van der Waals surface area contributed by atoms with E-state index in [1.165, 1.54) is 6.07 Å². The van der Waals surface area contributed by atoms with Crippen LogP contribution >= 0.6 is 0 Å². The molecule has 2 bridgehead atoms. The summed E-state index contributed by atoms with van der Waals surface area (Å²) in [5, 5.41) is 2.36. The van der Waals surface area contributed by atoms with E-state index in [1.807, 2.05) is 12.1 Å². The summed E-state index contributed by atoms with van der Waals surface area (Å²) in [7, 11) is 0.